The highest BCUT2D eigenvalue weighted by Crippen LogP contribution is 2.44. The normalized spacial score (nSPS) is 24.7. The smallest absolute Gasteiger partial charge is 0.303 e. The predicted octanol–water partition coefficient (Wildman–Crippen LogP) is 2.97. The summed E-state index contributed by atoms with van der Waals surface area (Å²) in [5.41, 5.74) is 1.91. The first-order valence-electron chi connectivity index (χ1n) is 18.7. The maximum atomic E-state index is 12.5. The van der Waals surface area contributed by atoms with Crippen LogP contribution in [0.25, 0.3) is 0 Å². The van der Waals surface area contributed by atoms with E-state index in [-0.39, 0.29) is 24.5 Å². The highest BCUT2D eigenvalue weighted by atomic mass is 16.7. The first-order valence-corrected chi connectivity index (χ1v) is 18.7. The number of hydrogen-bond donors (Lipinski definition) is 0. The van der Waals surface area contributed by atoms with Crippen molar-refractivity contribution in [2.24, 2.45) is 0 Å². The zero-order valence-corrected chi connectivity index (χ0v) is 35.0. The molecule has 0 spiro atoms. The van der Waals surface area contributed by atoms with Crippen molar-refractivity contribution in [3.63, 3.8) is 0 Å². The van der Waals surface area contributed by atoms with Gasteiger partial charge in [-0.05, 0) is 29.8 Å². The Labute approximate surface area is 346 Å². The summed E-state index contributed by atoms with van der Waals surface area (Å²) in [6, 6.07) is 8.41. The lowest BCUT2D eigenvalue weighted by atomic mass is 9.88. The first kappa shape index (κ1) is 46.7. The summed E-state index contributed by atoms with van der Waals surface area (Å²) in [5, 5.41) is 0. The molecule has 2 aliphatic rings. The van der Waals surface area contributed by atoms with Crippen LogP contribution in [0.2, 0.25) is 0 Å². The van der Waals surface area contributed by atoms with Crippen LogP contribution in [0.3, 0.4) is 0 Å². The van der Waals surface area contributed by atoms with Gasteiger partial charge in [-0.2, -0.15) is 0 Å². The lowest BCUT2D eigenvalue weighted by Crippen LogP contribution is -2.59. The van der Waals surface area contributed by atoms with Crippen LogP contribution in [-0.4, -0.2) is 119 Å². The number of methoxy groups -OCH3 is 3. The third-order valence-corrected chi connectivity index (χ3v) is 9.28. The van der Waals surface area contributed by atoms with Crippen LogP contribution in [0.4, 0.5) is 0 Å². The van der Waals surface area contributed by atoms with Crippen LogP contribution in [0.15, 0.2) is 30.3 Å². The number of ether oxygens (including phenoxy) is 12. The van der Waals surface area contributed by atoms with Gasteiger partial charge in [0.2, 0.25) is 0 Å². The molecule has 2 aliphatic heterocycles. The van der Waals surface area contributed by atoms with Crippen LogP contribution >= 0.6 is 0 Å². The highest BCUT2D eigenvalue weighted by Gasteiger charge is 2.53. The Morgan fingerprint density at radius 1 is 0.533 bits per heavy atom. The molecule has 0 saturated carbocycles. The summed E-state index contributed by atoms with van der Waals surface area (Å²) >= 11 is 0. The molecule has 19 nitrogen and oxygen atoms in total. The largest absolute Gasteiger partial charge is 0.496 e. The number of rotatable bonds is 15. The molecular formula is C41H50O19. The number of carbonyl (C=O) groups is 7. The summed E-state index contributed by atoms with van der Waals surface area (Å²) in [6.07, 6.45) is -11.1. The molecular weight excluding hydrogens is 796 g/mol. The molecule has 0 unspecified atom stereocenters. The van der Waals surface area contributed by atoms with Gasteiger partial charge in [-0.25, -0.2) is 0 Å². The van der Waals surface area contributed by atoms with Crippen molar-refractivity contribution in [2.75, 3.05) is 34.5 Å². The molecule has 0 amide bonds. The monoisotopic (exact) mass is 846 g/mol. The van der Waals surface area contributed by atoms with E-state index in [1.807, 2.05) is 0 Å². The molecule has 2 saturated heterocycles. The van der Waals surface area contributed by atoms with E-state index in [0.29, 0.717) is 28.0 Å². The molecule has 60 heavy (non-hydrogen) atoms. The van der Waals surface area contributed by atoms with Crippen LogP contribution < -0.4 is 14.2 Å². The third kappa shape index (κ3) is 11.8. The van der Waals surface area contributed by atoms with Crippen molar-refractivity contribution < 1.29 is 90.4 Å². The minimum Gasteiger partial charge on any atom is -0.496 e. The van der Waals surface area contributed by atoms with Crippen molar-refractivity contribution in [2.45, 2.75) is 110 Å². The third-order valence-electron chi connectivity index (χ3n) is 9.28. The Kier molecular flexibility index (Phi) is 16.2. The Balaban J connectivity index is 1.81. The van der Waals surface area contributed by atoms with Crippen molar-refractivity contribution in [1.29, 1.82) is 0 Å². The van der Waals surface area contributed by atoms with Gasteiger partial charge in [0.05, 0.1) is 27.9 Å². The summed E-state index contributed by atoms with van der Waals surface area (Å²) in [4.78, 5) is 85.6. The van der Waals surface area contributed by atoms with E-state index < -0.39 is 103 Å². The van der Waals surface area contributed by atoms with Gasteiger partial charge >= 0.3 is 41.8 Å². The predicted molar refractivity (Wildman–Crippen MR) is 202 cm³/mol. The lowest BCUT2D eigenvalue weighted by molar-refractivity contribution is -0.254. The van der Waals surface area contributed by atoms with Gasteiger partial charge in [0.15, 0.2) is 36.6 Å². The van der Waals surface area contributed by atoms with E-state index in [2.05, 4.69) is 0 Å². The fourth-order valence-corrected chi connectivity index (χ4v) is 7.17. The van der Waals surface area contributed by atoms with Crippen molar-refractivity contribution in [3.8, 4) is 17.2 Å². The fraction of sp³-hybridized carbons (Fsp3) is 0.537. The molecule has 0 aromatic heterocycles. The summed E-state index contributed by atoms with van der Waals surface area (Å²) in [7, 11) is 4.27. The Bertz CT molecular complexity index is 1920. The van der Waals surface area contributed by atoms with E-state index in [1.54, 1.807) is 30.3 Å². The number of benzene rings is 2. The van der Waals surface area contributed by atoms with E-state index in [9.17, 15) is 33.6 Å². The van der Waals surface area contributed by atoms with Crippen molar-refractivity contribution >= 4 is 41.8 Å². The van der Waals surface area contributed by atoms with E-state index in [4.69, 9.17) is 56.8 Å². The van der Waals surface area contributed by atoms with Gasteiger partial charge in [0.1, 0.15) is 42.2 Å². The zero-order valence-electron chi connectivity index (χ0n) is 35.0. The average molecular weight is 847 g/mol. The molecule has 4 rings (SSSR count). The SMILES string of the molecule is COc1cc([C@H]2OC[C@H](OC(C)=O)[C@@H](OC(C)=O)[C@@H]2OC(C)=O)c(OC)cc1Cc1ccc(OC)c([C@@H]2O[C@H](COC(C)=O)[C@H](OC(C)=O)[C@H](OC(C)=O)[C@H]2OC(C)=O)c1. The first-order chi connectivity index (χ1) is 28.4. The van der Waals surface area contributed by atoms with Gasteiger partial charge in [-0.3, -0.25) is 33.6 Å². The Hall–Kier alpha value is -5.95. The molecule has 19 heteroatoms. The van der Waals surface area contributed by atoms with Crippen molar-refractivity contribution in [1.82, 2.24) is 0 Å². The molecule has 2 heterocycles. The summed E-state index contributed by atoms with van der Waals surface area (Å²) < 4.78 is 68.5. The highest BCUT2D eigenvalue weighted by molar-refractivity contribution is 5.70. The molecule has 0 N–H and O–H groups in total. The van der Waals surface area contributed by atoms with Crippen molar-refractivity contribution in [3.05, 3.63) is 52.6 Å². The molecule has 2 aromatic carbocycles. The second-order valence-corrected chi connectivity index (χ2v) is 13.8. The van der Waals surface area contributed by atoms with E-state index >= 15 is 0 Å². The molecule has 0 radical (unpaired) electrons. The second kappa shape index (κ2) is 20.8. The Morgan fingerprint density at radius 2 is 1.03 bits per heavy atom. The van der Waals surface area contributed by atoms with Crippen LogP contribution in [-0.2, 0) is 82.6 Å². The zero-order chi connectivity index (χ0) is 44.4. The molecule has 2 fully saturated rings. The number of hydrogen-bond acceptors (Lipinski definition) is 19. The van der Waals surface area contributed by atoms with Gasteiger partial charge in [-0.1, -0.05) is 6.07 Å². The summed E-state index contributed by atoms with van der Waals surface area (Å²) in [6.45, 7) is 7.45. The van der Waals surface area contributed by atoms with Gasteiger partial charge in [-0.15, -0.1) is 0 Å². The molecule has 2 aromatic rings. The molecule has 0 bridgehead atoms. The Morgan fingerprint density at radius 3 is 1.57 bits per heavy atom. The average Bonchev–Trinajstić information content (AvgIpc) is 3.15. The second-order valence-electron chi connectivity index (χ2n) is 13.8. The lowest BCUT2D eigenvalue weighted by Gasteiger charge is -2.44. The minimum atomic E-state index is -1.41. The van der Waals surface area contributed by atoms with Gasteiger partial charge in [0.25, 0.3) is 0 Å². The summed E-state index contributed by atoms with van der Waals surface area (Å²) in [5.74, 6) is -4.19. The van der Waals surface area contributed by atoms with E-state index in [1.165, 1.54) is 49.0 Å². The standard InChI is InChI=1S/C41H50O19/c1-19(42)52-17-34-38(56-22(4)45)41(59-25(7)48)40(58-24(6)47)36(60-34)28-14-26(11-12-30(28)49-8)13-27-15-32(51-10)29(16-31(27)50-9)35-39(57-23(5)46)37(55-21(3)44)33(18-53-35)54-20(2)43/h11-12,14-16,33-41H,13,17-18H2,1-10H3/t33-,34+,35+,36-,37+,38-,39+,40-,41-/m0/s1. The molecule has 9 atom stereocenters. The molecule has 328 valence electrons. The quantitative estimate of drug-likeness (QED) is 0.185. The number of esters is 7. The maximum absolute atomic E-state index is 12.5. The van der Waals surface area contributed by atoms with Crippen LogP contribution in [0.1, 0.15) is 82.9 Å². The number of carbonyl (C=O) groups excluding carboxylic acids is 7. The van der Waals surface area contributed by atoms with E-state index in [0.717, 1.165) is 20.8 Å². The minimum absolute atomic E-state index is 0.172. The topological polar surface area (TPSA) is 230 Å². The maximum Gasteiger partial charge on any atom is 0.303 e. The van der Waals surface area contributed by atoms with Crippen LogP contribution in [0.5, 0.6) is 17.2 Å². The van der Waals surface area contributed by atoms with Crippen LogP contribution in [0, 0.1) is 0 Å². The molecule has 0 aliphatic carbocycles. The van der Waals surface area contributed by atoms with Gasteiger partial charge < -0.3 is 56.8 Å². The fourth-order valence-electron chi connectivity index (χ4n) is 7.17. The van der Waals surface area contributed by atoms with Gasteiger partial charge in [0, 0.05) is 71.6 Å².